The lowest BCUT2D eigenvalue weighted by atomic mass is 10.1. The van der Waals surface area contributed by atoms with Gasteiger partial charge in [-0.05, 0) is 20.8 Å². The van der Waals surface area contributed by atoms with Crippen LogP contribution in [-0.4, -0.2) is 51.9 Å². The first kappa shape index (κ1) is 15.9. The Morgan fingerprint density at radius 2 is 2.22 bits per heavy atom. The van der Waals surface area contributed by atoms with Crippen molar-refractivity contribution < 1.29 is 9.47 Å². The van der Waals surface area contributed by atoms with Gasteiger partial charge < -0.3 is 9.47 Å². The van der Waals surface area contributed by atoms with E-state index in [-0.39, 0.29) is 6.10 Å². The van der Waals surface area contributed by atoms with E-state index in [0.29, 0.717) is 6.61 Å². The normalized spacial score (nSPS) is 19.0. The first-order chi connectivity index (χ1) is 11.1. The molecule has 0 radical (unpaired) electrons. The molecule has 1 fully saturated rings. The van der Waals surface area contributed by atoms with Crippen LogP contribution in [-0.2, 0) is 11.3 Å². The van der Waals surface area contributed by atoms with Crippen molar-refractivity contribution in [3.8, 4) is 5.75 Å². The highest BCUT2D eigenvalue weighted by molar-refractivity contribution is 5.41. The molecule has 0 aromatic carbocycles. The minimum atomic E-state index is -0.0960. The fraction of sp³-hybridized carbons (Fsp3) is 0.562. The maximum absolute atomic E-state index is 5.81. The molecule has 1 N–H and O–H groups in total. The standard InChI is InChI=1S/C16H23N5O2/c1-10-7-17-13(11(2)15(10)22-4)8-21-5-6-23-14(9-21)16-18-12(3)19-20-16/h7,14H,5-6,8-9H2,1-4H3,(H,18,19,20)/t14-/m1/s1. The summed E-state index contributed by atoms with van der Waals surface area (Å²) < 4.78 is 11.3. The van der Waals surface area contributed by atoms with Gasteiger partial charge in [-0.15, -0.1) is 0 Å². The average molecular weight is 317 g/mol. The summed E-state index contributed by atoms with van der Waals surface area (Å²) in [6.45, 7) is 9.03. The number of hydrogen-bond donors (Lipinski definition) is 1. The molecule has 0 spiro atoms. The number of ether oxygens (including phenoxy) is 2. The number of aromatic amines is 1. The van der Waals surface area contributed by atoms with Crippen LogP contribution in [0, 0.1) is 20.8 Å². The predicted octanol–water partition coefficient (Wildman–Crippen LogP) is 1.71. The fourth-order valence-corrected chi connectivity index (χ4v) is 2.95. The van der Waals surface area contributed by atoms with Gasteiger partial charge >= 0.3 is 0 Å². The van der Waals surface area contributed by atoms with Crippen molar-refractivity contribution in [2.45, 2.75) is 33.4 Å². The van der Waals surface area contributed by atoms with Crippen molar-refractivity contribution in [1.82, 2.24) is 25.1 Å². The van der Waals surface area contributed by atoms with Gasteiger partial charge in [0, 0.05) is 37.0 Å². The van der Waals surface area contributed by atoms with Gasteiger partial charge in [-0.25, -0.2) is 4.98 Å². The summed E-state index contributed by atoms with van der Waals surface area (Å²) >= 11 is 0. The average Bonchev–Trinajstić information content (AvgIpc) is 2.98. The third-order valence-electron chi connectivity index (χ3n) is 4.18. The summed E-state index contributed by atoms with van der Waals surface area (Å²) in [5.41, 5.74) is 3.20. The second-order valence-corrected chi connectivity index (χ2v) is 5.92. The topological polar surface area (TPSA) is 76.2 Å². The highest BCUT2D eigenvalue weighted by atomic mass is 16.5. The number of aryl methyl sites for hydroxylation is 2. The van der Waals surface area contributed by atoms with Crippen LogP contribution in [0.2, 0.25) is 0 Å². The molecule has 2 aromatic heterocycles. The zero-order valence-electron chi connectivity index (χ0n) is 14.1. The second-order valence-electron chi connectivity index (χ2n) is 5.92. The van der Waals surface area contributed by atoms with Crippen LogP contribution in [0.3, 0.4) is 0 Å². The zero-order chi connectivity index (χ0) is 16.4. The monoisotopic (exact) mass is 317 g/mol. The third kappa shape index (κ3) is 3.35. The van der Waals surface area contributed by atoms with Crippen molar-refractivity contribution in [2.24, 2.45) is 0 Å². The minimum Gasteiger partial charge on any atom is -0.496 e. The van der Waals surface area contributed by atoms with E-state index in [9.17, 15) is 0 Å². The SMILES string of the molecule is COc1c(C)cnc(CN2CCO[C@@H](c3n[nH]c(C)n3)C2)c1C. The first-order valence-corrected chi connectivity index (χ1v) is 7.80. The Morgan fingerprint density at radius 3 is 2.91 bits per heavy atom. The number of aromatic nitrogens is 4. The van der Waals surface area contributed by atoms with Crippen LogP contribution in [0.5, 0.6) is 5.75 Å². The van der Waals surface area contributed by atoms with Crippen molar-refractivity contribution in [2.75, 3.05) is 26.8 Å². The second kappa shape index (κ2) is 6.64. The number of nitrogens with zero attached hydrogens (tertiary/aromatic N) is 4. The number of hydrogen-bond acceptors (Lipinski definition) is 6. The van der Waals surface area contributed by atoms with Gasteiger partial charge in [0.25, 0.3) is 0 Å². The molecule has 0 unspecified atom stereocenters. The van der Waals surface area contributed by atoms with Crippen molar-refractivity contribution >= 4 is 0 Å². The third-order valence-corrected chi connectivity index (χ3v) is 4.18. The molecule has 1 aliphatic heterocycles. The summed E-state index contributed by atoms with van der Waals surface area (Å²) in [5.74, 6) is 2.45. The summed E-state index contributed by atoms with van der Waals surface area (Å²) in [5, 5.41) is 7.09. The number of rotatable bonds is 4. The molecule has 7 heteroatoms. The van der Waals surface area contributed by atoms with Gasteiger partial charge in [-0.2, -0.15) is 5.10 Å². The molecule has 23 heavy (non-hydrogen) atoms. The molecular formula is C16H23N5O2. The quantitative estimate of drug-likeness (QED) is 0.925. The molecule has 1 atom stereocenters. The van der Waals surface area contributed by atoms with Crippen molar-refractivity contribution in [3.63, 3.8) is 0 Å². The van der Waals surface area contributed by atoms with E-state index in [4.69, 9.17) is 9.47 Å². The molecule has 0 amide bonds. The minimum absolute atomic E-state index is 0.0960. The molecule has 0 saturated carbocycles. The lowest BCUT2D eigenvalue weighted by molar-refractivity contribution is -0.0375. The van der Waals surface area contributed by atoms with Gasteiger partial charge in [-0.3, -0.25) is 15.0 Å². The molecule has 1 aliphatic rings. The van der Waals surface area contributed by atoms with E-state index in [1.165, 1.54) is 0 Å². The number of nitrogens with one attached hydrogen (secondary N) is 1. The summed E-state index contributed by atoms with van der Waals surface area (Å²) in [6.07, 6.45) is 1.78. The van der Waals surface area contributed by atoms with E-state index >= 15 is 0 Å². The number of pyridine rings is 1. The summed E-state index contributed by atoms with van der Waals surface area (Å²) in [7, 11) is 1.70. The Labute approximate surface area is 136 Å². The number of H-pyrrole nitrogens is 1. The van der Waals surface area contributed by atoms with Gasteiger partial charge in [0.1, 0.15) is 17.7 Å². The molecule has 3 rings (SSSR count). The van der Waals surface area contributed by atoms with Crippen LogP contribution < -0.4 is 4.74 Å². The van der Waals surface area contributed by atoms with E-state index in [2.05, 4.69) is 32.0 Å². The van der Waals surface area contributed by atoms with Gasteiger partial charge in [0.15, 0.2) is 5.82 Å². The highest BCUT2D eigenvalue weighted by Crippen LogP contribution is 2.26. The van der Waals surface area contributed by atoms with Crippen molar-refractivity contribution in [1.29, 1.82) is 0 Å². The number of methoxy groups -OCH3 is 1. The Balaban J connectivity index is 1.73. The fourth-order valence-electron chi connectivity index (χ4n) is 2.95. The molecule has 1 saturated heterocycles. The largest absolute Gasteiger partial charge is 0.496 e. The summed E-state index contributed by atoms with van der Waals surface area (Å²) in [4.78, 5) is 11.3. The predicted molar refractivity (Wildman–Crippen MR) is 85.4 cm³/mol. The lowest BCUT2D eigenvalue weighted by Gasteiger charge is -2.31. The van der Waals surface area contributed by atoms with Gasteiger partial charge in [0.05, 0.1) is 19.4 Å². The molecule has 3 heterocycles. The Hall–Kier alpha value is -1.99. The lowest BCUT2D eigenvalue weighted by Crippen LogP contribution is -2.38. The van der Waals surface area contributed by atoms with E-state index in [0.717, 1.165) is 53.9 Å². The van der Waals surface area contributed by atoms with Crippen LogP contribution in [0.1, 0.15) is 34.6 Å². The van der Waals surface area contributed by atoms with Crippen LogP contribution in [0.15, 0.2) is 6.20 Å². The molecule has 124 valence electrons. The highest BCUT2D eigenvalue weighted by Gasteiger charge is 2.26. The van der Waals surface area contributed by atoms with Crippen LogP contribution >= 0.6 is 0 Å². The number of morpholine rings is 1. The zero-order valence-corrected chi connectivity index (χ0v) is 14.1. The Kier molecular flexibility index (Phi) is 4.58. The maximum Gasteiger partial charge on any atom is 0.180 e. The molecular weight excluding hydrogens is 294 g/mol. The van der Waals surface area contributed by atoms with Gasteiger partial charge in [0.2, 0.25) is 0 Å². The molecule has 7 nitrogen and oxygen atoms in total. The van der Waals surface area contributed by atoms with Gasteiger partial charge in [-0.1, -0.05) is 0 Å². The molecule has 0 aliphatic carbocycles. The summed E-state index contributed by atoms with van der Waals surface area (Å²) in [6, 6.07) is 0. The maximum atomic E-state index is 5.81. The van der Waals surface area contributed by atoms with Crippen LogP contribution in [0.4, 0.5) is 0 Å². The van der Waals surface area contributed by atoms with Crippen LogP contribution in [0.25, 0.3) is 0 Å². The van der Waals surface area contributed by atoms with E-state index < -0.39 is 0 Å². The Morgan fingerprint density at radius 1 is 1.39 bits per heavy atom. The molecule has 0 bridgehead atoms. The molecule has 2 aromatic rings. The van der Waals surface area contributed by atoms with E-state index in [1.807, 2.05) is 20.0 Å². The van der Waals surface area contributed by atoms with E-state index in [1.54, 1.807) is 7.11 Å². The Bertz CT molecular complexity index is 685. The van der Waals surface area contributed by atoms with Crippen molar-refractivity contribution in [3.05, 3.63) is 34.7 Å². The smallest absolute Gasteiger partial charge is 0.180 e. The first-order valence-electron chi connectivity index (χ1n) is 7.80.